The Labute approximate surface area is 98.8 Å². The van der Waals surface area contributed by atoms with Crippen LogP contribution in [0.1, 0.15) is 19.1 Å². The van der Waals surface area contributed by atoms with Gasteiger partial charge in [-0.25, -0.2) is 0 Å². The number of aliphatic hydroxyl groups is 1. The number of halogens is 1. The van der Waals surface area contributed by atoms with Crippen LogP contribution in [0.4, 0.5) is 0 Å². The summed E-state index contributed by atoms with van der Waals surface area (Å²) >= 11 is 5.88. The number of hydrogen-bond donors (Lipinski definition) is 2. The average molecular weight is 240 g/mol. The molecule has 2 aromatic rings. The number of furan rings is 1. The molecule has 0 aliphatic carbocycles. The number of fused-ring (bicyclic) bond motifs is 1. The van der Waals surface area contributed by atoms with Crippen LogP contribution in [-0.2, 0) is 5.60 Å². The lowest BCUT2D eigenvalue weighted by molar-refractivity contribution is 0.0293. The Balaban J connectivity index is 2.46. The molecular weight excluding hydrogens is 226 g/mol. The highest BCUT2D eigenvalue weighted by molar-refractivity contribution is 6.31. The quantitative estimate of drug-likeness (QED) is 0.866. The fourth-order valence-corrected chi connectivity index (χ4v) is 1.86. The largest absolute Gasteiger partial charge is 0.458 e. The first-order chi connectivity index (χ1) is 7.53. The molecule has 3 nitrogen and oxygen atoms in total. The maximum atomic E-state index is 10.1. The van der Waals surface area contributed by atoms with E-state index in [4.69, 9.17) is 21.8 Å². The smallest absolute Gasteiger partial charge is 0.136 e. The van der Waals surface area contributed by atoms with Crippen LogP contribution in [0.3, 0.4) is 0 Å². The van der Waals surface area contributed by atoms with Crippen LogP contribution < -0.4 is 5.73 Å². The highest BCUT2D eigenvalue weighted by atomic mass is 35.5. The van der Waals surface area contributed by atoms with Crippen LogP contribution >= 0.6 is 11.6 Å². The van der Waals surface area contributed by atoms with Crippen LogP contribution in [0.25, 0.3) is 11.0 Å². The third-order valence-corrected chi connectivity index (χ3v) is 2.88. The molecule has 1 heterocycles. The second kappa shape index (κ2) is 4.09. The molecular formula is C12H14ClNO2. The van der Waals surface area contributed by atoms with E-state index in [-0.39, 0.29) is 0 Å². The van der Waals surface area contributed by atoms with Crippen molar-refractivity contribution in [2.75, 3.05) is 6.54 Å². The fourth-order valence-electron chi connectivity index (χ4n) is 1.68. The molecule has 3 N–H and O–H groups in total. The molecule has 0 radical (unpaired) electrons. The van der Waals surface area contributed by atoms with E-state index >= 15 is 0 Å². The summed E-state index contributed by atoms with van der Waals surface area (Å²) in [6.45, 7) is 2.10. The summed E-state index contributed by atoms with van der Waals surface area (Å²) in [5.74, 6) is 0.523. The van der Waals surface area contributed by atoms with Gasteiger partial charge in [0.15, 0.2) is 0 Å². The van der Waals surface area contributed by atoms with Crippen molar-refractivity contribution >= 4 is 22.6 Å². The summed E-state index contributed by atoms with van der Waals surface area (Å²) in [6.07, 6.45) is 0.459. The Bertz CT molecular complexity index is 505. The van der Waals surface area contributed by atoms with Gasteiger partial charge in [-0.1, -0.05) is 11.6 Å². The molecule has 0 saturated heterocycles. The zero-order valence-electron chi connectivity index (χ0n) is 9.03. The predicted molar refractivity (Wildman–Crippen MR) is 64.5 cm³/mol. The maximum absolute atomic E-state index is 10.1. The second-order valence-electron chi connectivity index (χ2n) is 4.11. The van der Waals surface area contributed by atoms with Crippen molar-refractivity contribution in [1.29, 1.82) is 0 Å². The lowest BCUT2D eigenvalue weighted by atomic mass is 9.99. The summed E-state index contributed by atoms with van der Waals surface area (Å²) in [5.41, 5.74) is 5.14. The third-order valence-electron chi connectivity index (χ3n) is 2.64. The molecule has 4 heteroatoms. The zero-order valence-corrected chi connectivity index (χ0v) is 9.79. The first-order valence-corrected chi connectivity index (χ1v) is 5.53. The van der Waals surface area contributed by atoms with E-state index in [0.717, 1.165) is 11.0 Å². The van der Waals surface area contributed by atoms with E-state index in [0.29, 0.717) is 23.7 Å². The second-order valence-corrected chi connectivity index (χ2v) is 4.54. The summed E-state index contributed by atoms with van der Waals surface area (Å²) in [5, 5.41) is 11.7. The SMILES string of the molecule is CC(O)(CCN)c1cc2cc(Cl)ccc2o1. The Morgan fingerprint density at radius 2 is 2.19 bits per heavy atom. The van der Waals surface area contributed by atoms with Crippen LogP contribution in [0.2, 0.25) is 5.02 Å². The molecule has 2 rings (SSSR count). The molecule has 0 spiro atoms. The zero-order chi connectivity index (χ0) is 11.8. The van der Waals surface area contributed by atoms with E-state index < -0.39 is 5.60 Å². The van der Waals surface area contributed by atoms with Gasteiger partial charge in [0, 0.05) is 10.4 Å². The summed E-state index contributed by atoms with van der Waals surface area (Å²) in [4.78, 5) is 0. The van der Waals surface area contributed by atoms with E-state index in [2.05, 4.69) is 0 Å². The van der Waals surface area contributed by atoms with Crippen molar-refractivity contribution in [3.63, 3.8) is 0 Å². The maximum Gasteiger partial charge on any atom is 0.136 e. The van der Waals surface area contributed by atoms with Gasteiger partial charge in [-0.15, -0.1) is 0 Å². The fraction of sp³-hybridized carbons (Fsp3) is 0.333. The molecule has 0 saturated carbocycles. The van der Waals surface area contributed by atoms with Crippen LogP contribution in [0.15, 0.2) is 28.7 Å². The first kappa shape index (κ1) is 11.5. The van der Waals surface area contributed by atoms with E-state index in [1.165, 1.54) is 0 Å². The van der Waals surface area contributed by atoms with Gasteiger partial charge in [0.05, 0.1) is 0 Å². The molecule has 0 fully saturated rings. The van der Waals surface area contributed by atoms with Crippen LogP contribution in [-0.4, -0.2) is 11.7 Å². The van der Waals surface area contributed by atoms with Gasteiger partial charge in [-0.05, 0) is 44.2 Å². The Kier molecular flexibility index (Phi) is 2.93. The van der Waals surface area contributed by atoms with E-state index in [1.54, 1.807) is 25.1 Å². The lowest BCUT2D eigenvalue weighted by Crippen LogP contribution is -2.24. The molecule has 0 amide bonds. The Hall–Kier alpha value is -1.03. The molecule has 0 aliphatic heterocycles. The van der Waals surface area contributed by atoms with Gasteiger partial charge in [0.1, 0.15) is 16.9 Å². The molecule has 0 aliphatic rings. The monoisotopic (exact) mass is 239 g/mol. The highest BCUT2D eigenvalue weighted by Gasteiger charge is 2.26. The minimum Gasteiger partial charge on any atom is -0.458 e. The van der Waals surface area contributed by atoms with Gasteiger partial charge in [-0.3, -0.25) is 0 Å². The molecule has 86 valence electrons. The third kappa shape index (κ3) is 2.07. The average Bonchev–Trinajstić information content (AvgIpc) is 2.61. The minimum absolute atomic E-state index is 0.408. The van der Waals surface area contributed by atoms with Gasteiger partial charge < -0.3 is 15.3 Å². The Morgan fingerprint density at radius 1 is 1.44 bits per heavy atom. The van der Waals surface area contributed by atoms with E-state index in [9.17, 15) is 5.11 Å². The summed E-state index contributed by atoms with van der Waals surface area (Å²) in [7, 11) is 0. The van der Waals surface area contributed by atoms with Gasteiger partial charge in [0.2, 0.25) is 0 Å². The lowest BCUT2D eigenvalue weighted by Gasteiger charge is -2.19. The normalized spacial score (nSPS) is 15.2. The molecule has 1 unspecified atom stereocenters. The van der Waals surface area contributed by atoms with Crippen LogP contribution in [0.5, 0.6) is 0 Å². The van der Waals surface area contributed by atoms with Gasteiger partial charge in [0.25, 0.3) is 0 Å². The van der Waals surface area contributed by atoms with Crippen molar-refractivity contribution in [2.24, 2.45) is 5.73 Å². The number of nitrogens with two attached hydrogens (primary N) is 1. The van der Waals surface area contributed by atoms with Crippen molar-refractivity contribution in [2.45, 2.75) is 18.9 Å². The van der Waals surface area contributed by atoms with Crippen molar-refractivity contribution < 1.29 is 9.52 Å². The van der Waals surface area contributed by atoms with Gasteiger partial charge >= 0.3 is 0 Å². The molecule has 1 atom stereocenters. The van der Waals surface area contributed by atoms with E-state index in [1.807, 2.05) is 6.07 Å². The van der Waals surface area contributed by atoms with Crippen LogP contribution in [0, 0.1) is 0 Å². The summed E-state index contributed by atoms with van der Waals surface area (Å²) < 4.78 is 5.58. The first-order valence-electron chi connectivity index (χ1n) is 5.15. The van der Waals surface area contributed by atoms with Crippen molar-refractivity contribution in [3.8, 4) is 0 Å². The topological polar surface area (TPSA) is 59.4 Å². The standard InChI is InChI=1S/C12H14ClNO2/c1-12(15,4-5-14)11-7-8-6-9(13)2-3-10(8)16-11/h2-3,6-7,15H,4-5,14H2,1H3. The predicted octanol–water partition coefficient (Wildman–Crippen LogP) is 2.64. The molecule has 16 heavy (non-hydrogen) atoms. The molecule has 0 bridgehead atoms. The highest BCUT2D eigenvalue weighted by Crippen LogP contribution is 2.31. The molecule has 1 aromatic heterocycles. The van der Waals surface area contributed by atoms with Gasteiger partial charge in [-0.2, -0.15) is 0 Å². The number of hydrogen-bond acceptors (Lipinski definition) is 3. The number of rotatable bonds is 3. The summed E-state index contributed by atoms with van der Waals surface area (Å²) in [6, 6.07) is 7.16. The van der Waals surface area contributed by atoms with Crippen molar-refractivity contribution in [1.82, 2.24) is 0 Å². The Morgan fingerprint density at radius 3 is 2.88 bits per heavy atom. The minimum atomic E-state index is -1.03. The van der Waals surface area contributed by atoms with Crippen molar-refractivity contribution in [3.05, 3.63) is 35.0 Å². The number of benzene rings is 1. The molecule has 1 aromatic carbocycles.